The monoisotopic (exact) mass is 428 g/mol. The molecule has 0 atom stereocenters. The van der Waals surface area contributed by atoms with Crippen LogP contribution in [-0.2, 0) is 11.2 Å². The lowest BCUT2D eigenvalue weighted by Gasteiger charge is -2.13. The molecule has 0 heterocycles. The van der Waals surface area contributed by atoms with Gasteiger partial charge >= 0.3 is 0 Å². The number of terminal acetylenes is 1. The Labute approximate surface area is 180 Å². The van der Waals surface area contributed by atoms with Crippen molar-refractivity contribution >= 4 is 11.6 Å². The molecule has 9 nitrogen and oxygen atoms in total. The molecule has 31 heavy (non-hydrogen) atoms. The molecule has 9 heteroatoms. The van der Waals surface area contributed by atoms with Crippen LogP contribution in [0.5, 0.6) is 17.2 Å². The summed E-state index contributed by atoms with van der Waals surface area (Å²) in [4.78, 5) is 23.5. The van der Waals surface area contributed by atoms with Gasteiger partial charge < -0.3 is 24.3 Å². The second-order valence-electron chi connectivity index (χ2n) is 6.26. The maximum absolute atomic E-state index is 12.6. The third-order valence-corrected chi connectivity index (χ3v) is 4.21. The summed E-state index contributed by atoms with van der Waals surface area (Å²) in [5.74, 6) is 2.84. The summed E-state index contributed by atoms with van der Waals surface area (Å²) < 4.78 is 20.9. The molecule has 0 aliphatic carbocycles. The molecule has 1 amide bonds. The predicted molar refractivity (Wildman–Crippen MR) is 114 cm³/mol. The molecule has 0 radical (unpaired) electrons. The van der Waals surface area contributed by atoms with Gasteiger partial charge in [0.2, 0.25) is 0 Å². The number of hydrogen-bond donors (Lipinski definition) is 1. The number of carbonyl (C=O) groups excluding carboxylic acids is 1. The SMILES string of the molecule is C#CCOc1ccc(CCNC(=O)c2cc(OC)c(OCCOC)cc2[N+](=O)[O-])cc1. The molecular formula is C22H24N2O7. The molecule has 1 N–H and O–H groups in total. The first-order valence-electron chi connectivity index (χ1n) is 9.41. The van der Waals surface area contributed by atoms with Crippen molar-refractivity contribution in [2.45, 2.75) is 6.42 Å². The van der Waals surface area contributed by atoms with E-state index >= 15 is 0 Å². The van der Waals surface area contributed by atoms with Gasteiger partial charge in [-0.25, -0.2) is 0 Å². The lowest BCUT2D eigenvalue weighted by molar-refractivity contribution is -0.385. The van der Waals surface area contributed by atoms with Gasteiger partial charge in [-0.15, -0.1) is 6.42 Å². The van der Waals surface area contributed by atoms with Crippen LogP contribution in [0.25, 0.3) is 0 Å². The Morgan fingerprint density at radius 1 is 1.13 bits per heavy atom. The Balaban J connectivity index is 2.06. The quantitative estimate of drug-likeness (QED) is 0.240. The van der Waals surface area contributed by atoms with Gasteiger partial charge in [0.25, 0.3) is 11.6 Å². The third-order valence-electron chi connectivity index (χ3n) is 4.21. The number of nitrogens with one attached hydrogen (secondary N) is 1. The van der Waals surface area contributed by atoms with E-state index in [0.29, 0.717) is 18.8 Å². The van der Waals surface area contributed by atoms with Crippen LogP contribution in [0.1, 0.15) is 15.9 Å². The van der Waals surface area contributed by atoms with Crippen LogP contribution < -0.4 is 19.5 Å². The number of carbonyl (C=O) groups is 1. The van der Waals surface area contributed by atoms with E-state index in [0.717, 1.165) is 5.56 Å². The van der Waals surface area contributed by atoms with Gasteiger partial charge in [0, 0.05) is 19.7 Å². The minimum absolute atomic E-state index is 0.112. The Morgan fingerprint density at radius 2 is 1.87 bits per heavy atom. The first kappa shape index (κ1) is 23.5. The van der Waals surface area contributed by atoms with Crippen LogP contribution in [0.4, 0.5) is 5.69 Å². The van der Waals surface area contributed by atoms with Crippen LogP contribution in [0.15, 0.2) is 36.4 Å². The standard InChI is InChI=1S/C22H24N2O7/c1-4-11-30-17-7-5-16(6-8-17)9-10-23-22(25)18-14-20(29-3)21(31-13-12-28-2)15-19(18)24(26)27/h1,5-8,14-15H,9-13H2,2-3H3,(H,23,25). The summed E-state index contributed by atoms with van der Waals surface area (Å²) in [7, 11) is 2.90. The molecule has 0 aliphatic rings. The molecule has 0 fully saturated rings. The second kappa shape index (κ2) is 12.0. The van der Waals surface area contributed by atoms with Gasteiger partial charge in [-0.2, -0.15) is 0 Å². The molecule has 164 valence electrons. The van der Waals surface area contributed by atoms with E-state index in [-0.39, 0.29) is 42.5 Å². The highest BCUT2D eigenvalue weighted by atomic mass is 16.6. The number of nitrogens with zero attached hydrogens (tertiary/aromatic N) is 1. The molecule has 0 bridgehead atoms. The number of rotatable bonds is 12. The molecule has 0 aromatic heterocycles. The van der Waals surface area contributed by atoms with Crippen LogP contribution in [-0.4, -0.2) is 51.4 Å². The summed E-state index contributed by atoms with van der Waals surface area (Å²) in [6.45, 7) is 0.959. The fourth-order valence-electron chi connectivity index (χ4n) is 2.68. The Bertz CT molecular complexity index is 936. The molecule has 0 saturated carbocycles. The molecule has 0 spiro atoms. The highest BCUT2D eigenvalue weighted by Gasteiger charge is 2.24. The van der Waals surface area contributed by atoms with Gasteiger partial charge in [-0.05, 0) is 24.1 Å². The van der Waals surface area contributed by atoms with Crippen molar-refractivity contribution in [2.24, 2.45) is 0 Å². The van der Waals surface area contributed by atoms with Crippen molar-refractivity contribution in [2.75, 3.05) is 40.6 Å². The van der Waals surface area contributed by atoms with Gasteiger partial charge in [0.15, 0.2) is 11.5 Å². The van der Waals surface area contributed by atoms with E-state index in [1.54, 1.807) is 12.1 Å². The first-order chi connectivity index (χ1) is 15.0. The molecule has 2 rings (SSSR count). The van der Waals surface area contributed by atoms with Gasteiger partial charge in [-0.1, -0.05) is 18.1 Å². The number of benzene rings is 2. The number of amides is 1. The second-order valence-corrected chi connectivity index (χ2v) is 6.26. The van der Waals surface area contributed by atoms with Gasteiger partial charge in [0.05, 0.1) is 24.7 Å². The Hall–Kier alpha value is -3.77. The minimum Gasteiger partial charge on any atom is -0.493 e. The number of hydrogen-bond acceptors (Lipinski definition) is 7. The van der Waals surface area contributed by atoms with Crippen LogP contribution in [0.2, 0.25) is 0 Å². The average Bonchev–Trinajstić information content (AvgIpc) is 2.78. The zero-order valence-corrected chi connectivity index (χ0v) is 17.4. The first-order valence-corrected chi connectivity index (χ1v) is 9.41. The normalized spacial score (nSPS) is 10.1. The third kappa shape index (κ3) is 6.90. The summed E-state index contributed by atoms with van der Waals surface area (Å²) in [5, 5.41) is 14.2. The maximum atomic E-state index is 12.6. The van der Waals surface area contributed by atoms with Gasteiger partial charge in [0.1, 0.15) is 24.5 Å². The largest absolute Gasteiger partial charge is 0.493 e. The topological polar surface area (TPSA) is 109 Å². The molecule has 0 saturated heterocycles. The molecule has 0 unspecified atom stereocenters. The van der Waals surface area contributed by atoms with Gasteiger partial charge in [-0.3, -0.25) is 14.9 Å². The van der Waals surface area contributed by atoms with Crippen molar-refractivity contribution in [1.82, 2.24) is 5.32 Å². The minimum atomic E-state index is -0.632. The van der Waals surface area contributed by atoms with Crippen molar-refractivity contribution in [3.63, 3.8) is 0 Å². The van der Waals surface area contributed by atoms with E-state index in [9.17, 15) is 14.9 Å². The molecule has 2 aromatic carbocycles. The van der Waals surface area contributed by atoms with E-state index in [1.165, 1.54) is 26.4 Å². The van der Waals surface area contributed by atoms with Crippen molar-refractivity contribution in [3.8, 4) is 29.6 Å². The van der Waals surface area contributed by atoms with Crippen LogP contribution in [0, 0.1) is 22.5 Å². The average molecular weight is 428 g/mol. The highest BCUT2D eigenvalue weighted by Crippen LogP contribution is 2.34. The van der Waals surface area contributed by atoms with E-state index < -0.39 is 10.8 Å². The number of nitro benzene ring substituents is 1. The Morgan fingerprint density at radius 3 is 2.48 bits per heavy atom. The van der Waals surface area contributed by atoms with Crippen molar-refractivity contribution in [1.29, 1.82) is 0 Å². The molecule has 0 aliphatic heterocycles. The highest BCUT2D eigenvalue weighted by molar-refractivity contribution is 5.99. The number of nitro groups is 1. The zero-order valence-electron chi connectivity index (χ0n) is 17.4. The summed E-state index contributed by atoms with van der Waals surface area (Å²) in [5.41, 5.74) is 0.474. The predicted octanol–water partition coefficient (Wildman–Crippen LogP) is 2.61. The lowest BCUT2D eigenvalue weighted by Crippen LogP contribution is -2.26. The van der Waals surface area contributed by atoms with E-state index in [4.69, 9.17) is 25.4 Å². The maximum Gasteiger partial charge on any atom is 0.286 e. The van der Waals surface area contributed by atoms with E-state index in [1.807, 2.05) is 12.1 Å². The zero-order chi connectivity index (χ0) is 22.6. The van der Waals surface area contributed by atoms with Crippen molar-refractivity contribution in [3.05, 3.63) is 57.6 Å². The fourth-order valence-corrected chi connectivity index (χ4v) is 2.68. The fraction of sp³-hybridized carbons (Fsp3) is 0.318. The smallest absolute Gasteiger partial charge is 0.286 e. The van der Waals surface area contributed by atoms with E-state index in [2.05, 4.69) is 11.2 Å². The molecular weight excluding hydrogens is 404 g/mol. The summed E-state index contributed by atoms with van der Waals surface area (Å²) >= 11 is 0. The van der Waals surface area contributed by atoms with Crippen LogP contribution >= 0.6 is 0 Å². The Kier molecular flexibility index (Phi) is 9.13. The number of methoxy groups -OCH3 is 2. The number of ether oxygens (including phenoxy) is 4. The lowest BCUT2D eigenvalue weighted by atomic mass is 10.1. The van der Waals surface area contributed by atoms with Crippen molar-refractivity contribution < 1.29 is 28.7 Å². The summed E-state index contributed by atoms with van der Waals surface area (Å²) in [6.07, 6.45) is 5.69. The van der Waals surface area contributed by atoms with Crippen LogP contribution in [0.3, 0.4) is 0 Å². The summed E-state index contributed by atoms with van der Waals surface area (Å²) in [6, 6.07) is 9.76. The molecule has 2 aromatic rings.